The molecule has 1 unspecified atom stereocenters. The lowest BCUT2D eigenvalue weighted by Gasteiger charge is -2.11. The van der Waals surface area contributed by atoms with E-state index < -0.39 is 0 Å². The summed E-state index contributed by atoms with van der Waals surface area (Å²) >= 11 is 0. The number of fused-ring (bicyclic) bond motifs is 1. The van der Waals surface area contributed by atoms with Crippen molar-refractivity contribution in [3.8, 4) is 0 Å². The first-order valence-electron chi connectivity index (χ1n) is 6.79. The molecule has 0 aromatic heterocycles. The third-order valence-corrected chi connectivity index (χ3v) is 3.67. The average Bonchev–Trinajstić information content (AvgIpc) is 2.79. The van der Waals surface area contributed by atoms with E-state index in [-0.39, 0.29) is 18.2 Å². The van der Waals surface area contributed by atoms with Crippen LogP contribution in [0.4, 0.5) is 0 Å². The molecule has 0 heterocycles. The molecule has 0 fully saturated rings. The van der Waals surface area contributed by atoms with Gasteiger partial charge in [0.05, 0.1) is 0 Å². The maximum Gasteiger partial charge on any atom is 0.220 e. The Morgan fingerprint density at radius 1 is 1.26 bits per heavy atom. The smallest absolute Gasteiger partial charge is 0.220 e. The fraction of sp³-hybridized carbons (Fsp3) is 0.467. The van der Waals surface area contributed by atoms with E-state index in [1.807, 2.05) is 0 Å². The minimum Gasteiger partial charge on any atom is -0.370 e. The zero-order chi connectivity index (χ0) is 13.7. The Hall–Kier alpha value is -1.84. The summed E-state index contributed by atoms with van der Waals surface area (Å²) in [5.41, 5.74) is 7.83. The Labute approximate surface area is 113 Å². The number of nitrogens with two attached hydrogens (primary N) is 1. The Balaban J connectivity index is 1.75. The molecule has 1 atom stereocenters. The molecule has 102 valence electrons. The molecule has 2 rings (SSSR count). The molecule has 0 radical (unpaired) electrons. The van der Waals surface area contributed by atoms with Gasteiger partial charge < -0.3 is 11.1 Å². The van der Waals surface area contributed by atoms with Crippen molar-refractivity contribution in [2.24, 2.45) is 5.73 Å². The quantitative estimate of drug-likeness (QED) is 0.813. The van der Waals surface area contributed by atoms with Gasteiger partial charge in [0.2, 0.25) is 11.8 Å². The summed E-state index contributed by atoms with van der Waals surface area (Å²) in [5, 5.41) is 2.72. The van der Waals surface area contributed by atoms with E-state index in [9.17, 15) is 9.59 Å². The van der Waals surface area contributed by atoms with Crippen molar-refractivity contribution in [1.29, 1.82) is 0 Å². The average molecular weight is 260 g/mol. The van der Waals surface area contributed by atoms with Crippen molar-refractivity contribution >= 4 is 11.8 Å². The second-order valence-electron chi connectivity index (χ2n) is 5.04. The van der Waals surface area contributed by atoms with Crippen LogP contribution in [0.5, 0.6) is 0 Å². The fourth-order valence-corrected chi connectivity index (χ4v) is 2.66. The van der Waals surface area contributed by atoms with E-state index in [0.717, 1.165) is 19.3 Å². The SMILES string of the molecule is NC(=O)CCNC(=O)CCC1CCc2ccccc21. The summed E-state index contributed by atoms with van der Waals surface area (Å²) in [6.45, 7) is 0.343. The van der Waals surface area contributed by atoms with Gasteiger partial charge in [-0.3, -0.25) is 9.59 Å². The second kappa shape index (κ2) is 6.36. The van der Waals surface area contributed by atoms with Crippen LogP contribution in [0.15, 0.2) is 24.3 Å². The number of carbonyl (C=O) groups is 2. The van der Waals surface area contributed by atoms with Crippen LogP contribution in [0.25, 0.3) is 0 Å². The number of carbonyl (C=O) groups excluding carboxylic acids is 2. The molecule has 3 N–H and O–H groups in total. The number of hydrogen-bond acceptors (Lipinski definition) is 2. The molecule has 1 aliphatic rings. The Morgan fingerprint density at radius 3 is 2.84 bits per heavy atom. The summed E-state index contributed by atoms with van der Waals surface area (Å²) in [6.07, 6.45) is 3.84. The molecule has 0 saturated carbocycles. The molecule has 4 heteroatoms. The number of rotatable bonds is 6. The summed E-state index contributed by atoms with van der Waals surface area (Å²) in [7, 11) is 0. The lowest BCUT2D eigenvalue weighted by molar-refractivity contribution is -0.121. The van der Waals surface area contributed by atoms with Crippen LogP contribution in [0.3, 0.4) is 0 Å². The molecule has 0 spiro atoms. The van der Waals surface area contributed by atoms with Gasteiger partial charge in [-0.25, -0.2) is 0 Å². The molecule has 2 amide bonds. The number of nitrogens with one attached hydrogen (secondary N) is 1. The highest BCUT2D eigenvalue weighted by Crippen LogP contribution is 2.35. The first-order valence-corrected chi connectivity index (χ1v) is 6.79. The zero-order valence-corrected chi connectivity index (χ0v) is 11.0. The molecule has 1 aromatic rings. The van der Waals surface area contributed by atoms with Crippen LogP contribution in [-0.4, -0.2) is 18.4 Å². The number of aryl methyl sites for hydroxylation is 1. The third-order valence-electron chi connectivity index (χ3n) is 3.67. The van der Waals surface area contributed by atoms with Gasteiger partial charge in [-0.15, -0.1) is 0 Å². The largest absolute Gasteiger partial charge is 0.370 e. The Morgan fingerprint density at radius 2 is 2.05 bits per heavy atom. The lowest BCUT2D eigenvalue weighted by Crippen LogP contribution is -2.27. The minimum atomic E-state index is -0.384. The van der Waals surface area contributed by atoms with Gasteiger partial charge in [-0.05, 0) is 36.3 Å². The number of primary amides is 1. The van der Waals surface area contributed by atoms with Gasteiger partial charge in [0.1, 0.15) is 0 Å². The molecule has 4 nitrogen and oxygen atoms in total. The molecule has 0 bridgehead atoms. The standard InChI is InChI=1S/C15H20N2O2/c16-14(18)9-10-17-15(19)8-7-12-6-5-11-3-1-2-4-13(11)12/h1-4,12H,5-10H2,(H2,16,18)(H,17,19). The summed E-state index contributed by atoms with van der Waals surface area (Å²) < 4.78 is 0. The molecular weight excluding hydrogens is 240 g/mol. The molecule has 1 aliphatic carbocycles. The molecule has 0 saturated heterocycles. The highest BCUT2D eigenvalue weighted by molar-refractivity contribution is 5.78. The van der Waals surface area contributed by atoms with Crippen molar-refractivity contribution < 1.29 is 9.59 Å². The van der Waals surface area contributed by atoms with Crippen molar-refractivity contribution in [3.05, 3.63) is 35.4 Å². The molecule has 1 aromatic carbocycles. The van der Waals surface area contributed by atoms with Crippen molar-refractivity contribution in [3.63, 3.8) is 0 Å². The summed E-state index contributed by atoms with van der Waals surface area (Å²) in [5.74, 6) is 0.119. The maximum absolute atomic E-state index is 11.6. The first kappa shape index (κ1) is 13.6. The van der Waals surface area contributed by atoms with E-state index in [1.54, 1.807) is 0 Å². The van der Waals surface area contributed by atoms with Crippen molar-refractivity contribution in [2.75, 3.05) is 6.54 Å². The summed E-state index contributed by atoms with van der Waals surface area (Å²) in [4.78, 5) is 22.2. The van der Waals surface area contributed by atoms with Crippen LogP contribution in [0.1, 0.15) is 42.7 Å². The normalized spacial score (nSPS) is 16.9. The van der Waals surface area contributed by atoms with Gasteiger partial charge in [0, 0.05) is 19.4 Å². The number of benzene rings is 1. The lowest BCUT2D eigenvalue weighted by atomic mass is 9.96. The Kier molecular flexibility index (Phi) is 4.55. The Bertz CT molecular complexity index is 471. The van der Waals surface area contributed by atoms with Gasteiger partial charge in [-0.1, -0.05) is 24.3 Å². The van der Waals surface area contributed by atoms with E-state index in [1.165, 1.54) is 11.1 Å². The predicted octanol–water partition coefficient (Wildman–Crippen LogP) is 1.49. The van der Waals surface area contributed by atoms with Gasteiger partial charge in [0.25, 0.3) is 0 Å². The molecule has 19 heavy (non-hydrogen) atoms. The fourth-order valence-electron chi connectivity index (χ4n) is 2.66. The first-order chi connectivity index (χ1) is 9.16. The van der Waals surface area contributed by atoms with E-state index in [0.29, 0.717) is 18.9 Å². The predicted molar refractivity (Wildman–Crippen MR) is 73.6 cm³/mol. The van der Waals surface area contributed by atoms with E-state index >= 15 is 0 Å². The number of hydrogen-bond donors (Lipinski definition) is 2. The maximum atomic E-state index is 11.6. The number of amides is 2. The van der Waals surface area contributed by atoms with Gasteiger partial charge in [0.15, 0.2) is 0 Å². The van der Waals surface area contributed by atoms with Crippen LogP contribution in [-0.2, 0) is 16.0 Å². The minimum absolute atomic E-state index is 0.00521. The van der Waals surface area contributed by atoms with Crippen LogP contribution in [0.2, 0.25) is 0 Å². The monoisotopic (exact) mass is 260 g/mol. The van der Waals surface area contributed by atoms with Crippen LogP contribution >= 0.6 is 0 Å². The van der Waals surface area contributed by atoms with Crippen molar-refractivity contribution in [2.45, 2.75) is 38.0 Å². The van der Waals surface area contributed by atoms with Crippen LogP contribution in [0, 0.1) is 0 Å². The third kappa shape index (κ3) is 3.81. The molecule has 0 aliphatic heterocycles. The topological polar surface area (TPSA) is 72.2 Å². The van der Waals surface area contributed by atoms with Gasteiger partial charge in [-0.2, -0.15) is 0 Å². The van der Waals surface area contributed by atoms with Crippen molar-refractivity contribution in [1.82, 2.24) is 5.32 Å². The van der Waals surface area contributed by atoms with Crippen LogP contribution < -0.4 is 11.1 Å². The van der Waals surface area contributed by atoms with E-state index in [2.05, 4.69) is 29.6 Å². The van der Waals surface area contributed by atoms with E-state index in [4.69, 9.17) is 5.73 Å². The highest BCUT2D eigenvalue weighted by Gasteiger charge is 2.22. The highest BCUT2D eigenvalue weighted by atomic mass is 16.2. The summed E-state index contributed by atoms with van der Waals surface area (Å²) in [6, 6.07) is 8.46. The molecular formula is C15H20N2O2. The second-order valence-corrected chi connectivity index (χ2v) is 5.04. The van der Waals surface area contributed by atoms with Gasteiger partial charge >= 0.3 is 0 Å². The zero-order valence-electron chi connectivity index (χ0n) is 11.0.